The first-order valence-electron chi connectivity index (χ1n) is 4.59. The Bertz CT molecular complexity index is 141. The molecule has 0 aromatic rings. The molecule has 0 amide bonds. The molecule has 0 heterocycles. The molecule has 1 fully saturated rings. The Hall–Kier alpha value is -0.0951. The zero-order valence-electron chi connectivity index (χ0n) is 8.14. The molecule has 13 heavy (non-hydrogen) atoms. The van der Waals surface area contributed by atoms with Crippen LogP contribution in [0.4, 0.5) is 0 Å². The first kappa shape index (κ1) is 11.0. The van der Waals surface area contributed by atoms with Gasteiger partial charge in [0.25, 0.3) is 0 Å². The summed E-state index contributed by atoms with van der Waals surface area (Å²) in [7, 11) is 2.03. The predicted octanol–water partition coefficient (Wildman–Crippen LogP) is 0.0433. The second kappa shape index (κ2) is 4.95. The van der Waals surface area contributed by atoms with Crippen molar-refractivity contribution in [3.05, 3.63) is 0 Å². The number of hydrogen-bond donors (Lipinski definition) is 2. The molecule has 4 nitrogen and oxygen atoms in total. The Morgan fingerprint density at radius 1 is 1.00 bits per heavy atom. The summed E-state index contributed by atoms with van der Waals surface area (Å²) in [5.41, 5.74) is 0. The van der Waals surface area contributed by atoms with Crippen molar-refractivity contribution in [3.8, 4) is 0 Å². The Kier molecular flexibility index (Phi) is 4.19. The van der Waals surface area contributed by atoms with Crippen molar-refractivity contribution in [1.29, 1.82) is 0 Å². The van der Waals surface area contributed by atoms with Gasteiger partial charge in [0.1, 0.15) is 0 Å². The minimum atomic E-state index is -1.25. The van der Waals surface area contributed by atoms with Crippen molar-refractivity contribution in [2.45, 2.75) is 37.3 Å². The molecule has 0 aromatic heterocycles. The molecule has 1 aliphatic carbocycles. The van der Waals surface area contributed by atoms with Crippen LogP contribution in [0.15, 0.2) is 0 Å². The van der Waals surface area contributed by atoms with Crippen molar-refractivity contribution >= 4 is 7.12 Å². The van der Waals surface area contributed by atoms with Gasteiger partial charge < -0.3 is 19.5 Å². The van der Waals surface area contributed by atoms with Crippen molar-refractivity contribution in [2.75, 3.05) is 14.2 Å². The second-order valence-corrected chi connectivity index (χ2v) is 3.60. The molecule has 5 heteroatoms. The van der Waals surface area contributed by atoms with Gasteiger partial charge in [-0.25, -0.2) is 0 Å². The predicted molar refractivity (Wildman–Crippen MR) is 49.4 cm³/mol. The minimum absolute atomic E-state index is 0.0884. The smallest absolute Gasteiger partial charge is 0.427 e. The van der Waals surface area contributed by atoms with Crippen LogP contribution in [0.1, 0.15) is 19.3 Å². The Labute approximate surface area is 79.0 Å². The summed E-state index contributed by atoms with van der Waals surface area (Å²) in [6.07, 6.45) is 2.43. The van der Waals surface area contributed by atoms with Gasteiger partial charge in [-0.3, -0.25) is 0 Å². The lowest BCUT2D eigenvalue weighted by atomic mass is 9.64. The van der Waals surface area contributed by atoms with E-state index in [0.717, 1.165) is 6.42 Å². The highest BCUT2D eigenvalue weighted by Crippen LogP contribution is 2.32. The molecule has 0 radical (unpaired) electrons. The average Bonchev–Trinajstić information content (AvgIpc) is 2.16. The molecule has 76 valence electrons. The highest BCUT2D eigenvalue weighted by molar-refractivity contribution is 6.43. The van der Waals surface area contributed by atoms with Crippen LogP contribution in [-0.2, 0) is 9.47 Å². The third-order valence-corrected chi connectivity index (χ3v) is 2.75. The Morgan fingerprint density at radius 3 is 1.77 bits per heavy atom. The van der Waals surface area contributed by atoms with E-state index in [0.29, 0.717) is 12.8 Å². The number of ether oxygens (including phenoxy) is 2. The van der Waals surface area contributed by atoms with Crippen molar-refractivity contribution in [1.82, 2.24) is 0 Å². The first-order valence-corrected chi connectivity index (χ1v) is 4.59. The molecule has 0 spiro atoms. The average molecular weight is 188 g/mol. The molecule has 0 aromatic carbocycles. The molecule has 0 bridgehead atoms. The minimum Gasteiger partial charge on any atom is -0.427 e. The standard InChI is InChI=1S/C8H17BO4/c1-12-7-3-6(9(10)11)4-8(5-7)13-2/h6-8,10-11H,3-5H2,1-2H3. The van der Waals surface area contributed by atoms with Gasteiger partial charge in [0, 0.05) is 14.2 Å². The summed E-state index contributed by atoms with van der Waals surface area (Å²) in [4.78, 5) is 0. The van der Waals surface area contributed by atoms with Gasteiger partial charge in [0.15, 0.2) is 0 Å². The lowest BCUT2D eigenvalue weighted by Crippen LogP contribution is -2.36. The maximum atomic E-state index is 9.05. The van der Waals surface area contributed by atoms with E-state index in [-0.39, 0.29) is 18.0 Å². The zero-order valence-corrected chi connectivity index (χ0v) is 8.14. The lowest BCUT2D eigenvalue weighted by Gasteiger charge is -2.32. The summed E-state index contributed by atoms with van der Waals surface area (Å²) >= 11 is 0. The lowest BCUT2D eigenvalue weighted by molar-refractivity contribution is -0.0124. The van der Waals surface area contributed by atoms with Gasteiger partial charge >= 0.3 is 7.12 Å². The van der Waals surface area contributed by atoms with Gasteiger partial charge in [0.05, 0.1) is 12.2 Å². The molecule has 1 saturated carbocycles. The molecule has 2 atom stereocenters. The molecule has 0 aliphatic heterocycles. The molecule has 1 rings (SSSR count). The summed E-state index contributed by atoms with van der Waals surface area (Å²) < 4.78 is 10.4. The van der Waals surface area contributed by atoms with Gasteiger partial charge in [-0.1, -0.05) is 0 Å². The Morgan fingerprint density at radius 2 is 1.46 bits per heavy atom. The van der Waals surface area contributed by atoms with Crippen LogP contribution < -0.4 is 0 Å². The number of methoxy groups -OCH3 is 2. The van der Waals surface area contributed by atoms with Crippen LogP contribution in [0, 0.1) is 0 Å². The summed E-state index contributed by atoms with van der Waals surface area (Å²) in [5, 5.41) is 18.1. The summed E-state index contributed by atoms with van der Waals surface area (Å²) in [5.74, 6) is -0.122. The van der Waals surface area contributed by atoms with Gasteiger partial charge in [-0.05, 0) is 25.1 Å². The molecule has 1 aliphatic rings. The van der Waals surface area contributed by atoms with Crippen molar-refractivity contribution in [2.24, 2.45) is 0 Å². The van der Waals surface area contributed by atoms with Crippen LogP contribution in [0.3, 0.4) is 0 Å². The quantitative estimate of drug-likeness (QED) is 0.614. The SMILES string of the molecule is COC1CC(OC)CC(B(O)O)C1. The van der Waals surface area contributed by atoms with Crippen LogP contribution in [0.5, 0.6) is 0 Å². The summed E-state index contributed by atoms with van der Waals surface area (Å²) in [6.45, 7) is 0. The highest BCUT2D eigenvalue weighted by Gasteiger charge is 2.35. The molecule has 2 N–H and O–H groups in total. The van der Waals surface area contributed by atoms with Crippen LogP contribution in [-0.4, -0.2) is 43.6 Å². The van der Waals surface area contributed by atoms with Crippen molar-refractivity contribution in [3.63, 3.8) is 0 Å². The van der Waals surface area contributed by atoms with Crippen LogP contribution in [0.25, 0.3) is 0 Å². The Balaban J connectivity index is 2.49. The van der Waals surface area contributed by atoms with Crippen LogP contribution in [0.2, 0.25) is 5.82 Å². The van der Waals surface area contributed by atoms with Gasteiger partial charge in [-0.2, -0.15) is 0 Å². The van der Waals surface area contributed by atoms with E-state index in [1.807, 2.05) is 0 Å². The molecular formula is C8H17BO4. The highest BCUT2D eigenvalue weighted by atomic mass is 16.5. The molecule has 2 unspecified atom stereocenters. The fourth-order valence-corrected chi connectivity index (χ4v) is 1.89. The fourth-order valence-electron chi connectivity index (χ4n) is 1.89. The normalized spacial score (nSPS) is 34.6. The molecular weight excluding hydrogens is 171 g/mol. The van der Waals surface area contributed by atoms with E-state index in [1.54, 1.807) is 14.2 Å². The van der Waals surface area contributed by atoms with Gasteiger partial charge in [0.2, 0.25) is 0 Å². The first-order chi connectivity index (χ1) is 6.17. The van der Waals surface area contributed by atoms with Crippen LogP contribution >= 0.6 is 0 Å². The van der Waals surface area contributed by atoms with E-state index >= 15 is 0 Å². The van der Waals surface area contributed by atoms with E-state index in [9.17, 15) is 0 Å². The topological polar surface area (TPSA) is 58.9 Å². The van der Waals surface area contributed by atoms with E-state index in [2.05, 4.69) is 0 Å². The molecule has 0 saturated heterocycles. The van der Waals surface area contributed by atoms with Gasteiger partial charge in [-0.15, -0.1) is 0 Å². The third-order valence-electron chi connectivity index (χ3n) is 2.75. The number of rotatable bonds is 3. The van der Waals surface area contributed by atoms with Crippen molar-refractivity contribution < 1.29 is 19.5 Å². The second-order valence-electron chi connectivity index (χ2n) is 3.60. The van der Waals surface area contributed by atoms with E-state index < -0.39 is 7.12 Å². The largest absolute Gasteiger partial charge is 0.454 e. The maximum Gasteiger partial charge on any atom is 0.454 e. The zero-order chi connectivity index (χ0) is 9.84. The fraction of sp³-hybridized carbons (Fsp3) is 1.00. The number of hydrogen-bond acceptors (Lipinski definition) is 4. The van der Waals surface area contributed by atoms with E-state index in [4.69, 9.17) is 19.5 Å². The third kappa shape index (κ3) is 2.95. The monoisotopic (exact) mass is 188 g/mol. The maximum absolute atomic E-state index is 9.05. The van der Waals surface area contributed by atoms with E-state index in [1.165, 1.54) is 0 Å². The summed E-state index contributed by atoms with van der Waals surface area (Å²) in [6, 6.07) is 0.